The summed E-state index contributed by atoms with van der Waals surface area (Å²) in [7, 11) is 1.62. The van der Waals surface area contributed by atoms with Gasteiger partial charge in [0.2, 0.25) is 0 Å². The molecule has 1 fully saturated rings. The summed E-state index contributed by atoms with van der Waals surface area (Å²) < 4.78 is 12.2. The van der Waals surface area contributed by atoms with Crippen LogP contribution in [0.4, 0.5) is 0 Å². The molecule has 0 bridgehead atoms. The van der Waals surface area contributed by atoms with E-state index in [1.165, 1.54) is 27.4 Å². The molecule has 1 aliphatic rings. The van der Waals surface area contributed by atoms with Gasteiger partial charge < -0.3 is 9.47 Å². The SMILES string of the molecule is COc1cc(C=C2SC(=S)N(Cc3ccccc3)C2=O)ccc1OCCSc1cccc2ccccc12. The van der Waals surface area contributed by atoms with Crippen LogP contribution in [-0.2, 0) is 11.3 Å². The van der Waals surface area contributed by atoms with Crippen LogP contribution in [0.3, 0.4) is 0 Å². The highest BCUT2D eigenvalue weighted by molar-refractivity contribution is 8.26. The molecule has 0 aliphatic carbocycles. The average molecular weight is 544 g/mol. The number of methoxy groups -OCH3 is 1. The molecule has 1 saturated heterocycles. The minimum Gasteiger partial charge on any atom is -0.493 e. The van der Waals surface area contributed by atoms with Crippen molar-refractivity contribution in [2.75, 3.05) is 19.5 Å². The van der Waals surface area contributed by atoms with E-state index < -0.39 is 0 Å². The number of carbonyl (C=O) groups is 1. The molecule has 0 N–H and O–H groups in total. The van der Waals surface area contributed by atoms with Crippen LogP contribution >= 0.6 is 35.7 Å². The van der Waals surface area contributed by atoms with Crippen LogP contribution in [0.25, 0.3) is 16.8 Å². The number of nitrogens with zero attached hydrogens (tertiary/aromatic N) is 1. The summed E-state index contributed by atoms with van der Waals surface area (Å²) in [6.07, 6.45) is 1.85. The van der Waals surface area contributed by atoms with Gasteiger partial charge in [-0.3, -0.25) is 9.69 Å². The molecular formula is C30H25NO3S3. The number of amides is 1. The van der Waals surface area contributed by atoms with E-state index in [4.69, 9.17) is 21.7 Å². The molecule has 0 saturated carbocycles. The number of rotatable bonds is 9. The van der Waals surface area contributed by atoms with Crippen LogP contribution in [0, 0.1) is 0 Å². The lowest BCUT2D eigenvalue weighted by Gasteiger charge is -2.14. The lowest BCUT2D eigenvalue weighted by molar-refractivity contribution is -0.122. The summed E-state index contributed by atoms with van der Waals surface area (Å²) in [6.45, 7) is 1.01. The Bertz CT molecular complexity index is 1460. The largest absolute Gasteiger partial charge is 0.493 e. The summed E-state index contributed by atoms with van der Waals surface area (Å²) in [5, 5.41) is 2.49. The molecule has 0 aromatic heterocycles. The fraction of sp³-hybridized carbons (Fsp3) is 0.133. The maximum Gasteiger partial charge on any atom is 0.266 e. The zero-order valence-corrected chi connectivity index (χ0v) is 22.7. The van der Waals surface area contributed by atoms with E-state index in [1.807, 2.05) is 54.6 Å². The van der Waals surface area contributed by atoms with Crippen molar-refractivity contribution in [1.82, 2.24) is 4.90 Å². The van der Waals surface area contributed by atoms with E-state index >= 15 is 0 Å². The zero-order valence-electron chi connectivity index (χ0n) is 20.3. The third-order valence-electron chi connectivity index (χ3n) is 5.89. The molecule has 186 valence electrons. The molecule has 0 radical (unpaired) electrons. The second kappa shape index (κ2) is 11.9. The lowest BCUT2D eigenvalue weighted by Crippen LogP contribution is -2.27. The number of fused-ring (bicyclic) bond motifs is 1. The molecular weight excluding hydrogens is 519 g/mol. The number of ether oxygens (including phenoxy) is 2. The van der Waals surface area contributed by atoms with E-state index in [1.54, 1.807) is 23.8 Å². The fourth-order valence-electron chi connectivity index (χ4n) is 4.07. The molecule has 0 unspecified atom stereocenters. The Morgan fingerprint density at radius 3 is 2.57 bits per heavy atom. The first-order valence-electron chi connectivity index (χ1n) is 11.8. The average Bonchev–Trinajstić information content (AvgIpc) is 3.19. The number of thioether (sulfide) groups is 2. The van der Waals surface area contributed by atoms with Gasteiger partial charge in [0, 0.05) is 10.6 Å². The minimum absolute atomic E-state index is 0.0800. The molecule has 1 heterocycles. The molecule has 1 aliphatic heterocycles. The van der Waals surface area contributed by atoms with Gasteiger partial charge in [-0.05, 0) is 46.2 Å². The predicted octanol–water partition coefficient (Wildman–Crippen LogP) is 7.42. The summed E-state index contributed by atoms with van der Waals surface area (Å²) in [5.74, 6) is 2.03. The zero-order chi connectivity index (χ0) is 25.6. The Hall–Kier alpha value is -3.26. The third-order valence-corrected chi connectivity index (χ3v) is 8.31. The predicted molar refractivity (Wildman–Crippen MR) is 158 cm³/mol. The first-order chi connectivity index (χ1) is 18.1. The van der Waals surface area contributed by atoms with Crippen LogP contribution in [0.5, 0.6) is 11.5 Å². The molecule has 1 amide bonds. The van der Waals surface area contributed by atoms with Gasteiger partial charge in [0.25, 0.3) is 5.91 Å². The van der Waals surface area contributed by atoms with Gasteiger partial charge in [-0.2, -0.15) is 0 Å². The number of hydrogen-bond acceptors (Lipinski definition) is 6. The Labute approximate surface area is 230 Å². The number of thiocarbonyl (C=S) groups is 1. The Balaban J connectivity index is 1.22. The van der Waals surface area contributed by atoms with Crippen LogP contribution in [0.2, 0.25) is 0 Å². The molecule has 7 heteroatoms. The second-order valence-electron chi connectivity index (χ2n) is 8.34. The monoisotopic (exact) mass is 543 g/mol. The lowest BCUT2D eigenvalue weighted by atomic mass is 10.1. The first kappa shape index (κ1) is 25.4. The standard InChI is InChI=1S/C30H25NO3S3/c1-33-26-18-22(19-28-29(32)31(30(35)37-28)20-21-8-3-2-4-9-21)14-15-25(26)34-16-17-36-27-13-7-11-23-10-5-6-12-24(23)27/h2-15,18-19H,16-17,20H2,1H3. The van der Waals surface area contributed by atoms with Gasteiger partial charge in [-0.1, -0.05) is 96.8 Å². The van der Waals surface area contributed by atoms with Crippen LogP contribution in [0.15, 0.2) is 101 Å². The Morgan fingerprint density at radius 1 is 0.946 bits per heavy atom. The normalized spacial score (nSPS) is 14.5. The van der Waals surface area contributed by atoms with Crippen LogP contribution in [-0.4, -0.2) is 34.6 Å². The highest BCUT2D eigenvalue weighted by Crippen LogP contribution is 2.36. The molecule has 0 spiro atoms. The van der Waals surface area contributed by atoms with Gasteiger partial charge in [0.15, 0.2) is 11.5 Å². The molecule has 0 atom stereocenters. The summed E-state index contributed by atoms with van der Waals surface area (Å²) >= 11 is 8.58. The Morgan fingerprint density at radius 2 is 1.73 bits per heavy atom. The maximum atomic E-state index is 13.0. The van der Waals surface area contributed by atoms with Crippen LogP contribution < -0.4 is 9.47 Å². The van der Waals surface area contributed by atoms with Crippen molar-refractivity contribution in [2.24, 2.45) is 0 Å². The van der Waals surface area contributed by atoms with Gasteiger partial charge in [-0.25, -0.2) is 0 Å². The van der Waals surface area contributed by atoms with E-state index in [0.29, 0.717) is 33.9 Å². The van der Waals surface area contributed by atoms with Crippen molar-refractivity contribution in [3.63, 3.8) is 0 Å². The van der Waals surface area contributed by atoms with E-state index in [2.05, 4.69) is 42.5 Å². The number of carbonyl (C=O) groups excluding carboxylic acids is 1. The van der Waals surface area contributed by atoms with Gasteiger partial charge in [0.1, 0.15) is 4.32 Å². The highest BCUT2D eigenvalue weighted by atomic mass is 32.2. The van der Waals surface area contributed by atoms with Crippen molar-refractivity contribution in [3.05, 3.63) is 107 Å². The molecule has 4 nitrogen and oxygen atoms in total. The van der Waals surface area contributed by atoms with Crippen molar-refractivity contribution in [1.29, 1.82) is 0 Å². The smallest absolute Gasteiger partial charge is 0.266 e. The third kappa shape index (κ3) is 6.01. The van der Waals surface area contributed by atoms with Crippen molar-refractivity contribution in [2.45, 2.75) is 11.4 Å². The van der Waals surface area contributed by atoms with Crippen LogP contribution in [0.1, 0.15) is 11.1 Å². The Kier molecular flexibility index (Phi) is 8.14. The van der Waals surface area contributed by atoms with Gasteiger partial charge in [0.05, 0.1) is 25.2 Å². The highest BCUT2D eigenvalue weighted by Gasteiger charge is 2.32. The summed E-state index contributed by atoms with van der Waals surface area (Å²) in [4.78, 5) is 16.5. The van der Waals surface area contributed by atoms with Gasteiger partial charge >= 0.3 is 0 Å². The fourth-order valence-corrected chi connectivity index (χ4v) is 6.23. The first-order valence-corrected chi connectivity index (χ1v) is 14.0. The van der Waals surface area contributed by atoms with Crippen molar-refractivity contribution >= 4 is 62.8 Å². The minimum atomic E-state index is -0.0800. The van der Waals surface area contributed by atoms with E-state index in [-0.39, 0.29) is 5.91 Å². The van der Waals surface area contributed by atoms with Gasteiger partial charge in [-0.15, -0.1) is 11.8 Å². The topological polar surface area (TPSA) is 38.8 Å². The van der Waals surface area contributed by atoms with E-state index in [0.717, 1.165) is 16.9 Å². The summed E-state index contributed by atoms with van der Waals surface area (Å²) in [6, 6.07) is 30.3. The molecule has 37 heavy (non-hydrogen) atoms. The van der Waals surface area contributed by atoms with Crippen molar-refractivity contribution < 1.29 is 14.3 Å². The quantitative estimate of drug-likeness (QED) is 0.0947. The summed E-state index contributed by atoms with van der Waals surface area (Å²) in [5.41, 5.74) is 1.90. The molecule has 4 aromatic rings. The number of benzene rings is 4. The number of hydrogen-bond donors (Lipinski definition) is 0. The van der Waals surface area contributed by atoms with Crippen molar-refractivity contribution in [3.8, 4) is 11.5 Å². The maximum absolute atomic E-state index is 13.0. The second-order valence-corrected chi connectivity index (χ2v) is 11.2. The molecule has 5 rings (SSSR count). The molecule has 4 aromatic carbocycles. The van der Waals surface area contributed by atoms with E-state index in [9.17, 15) is 4.79 Å².